The van der Waals surface area contributed by atoms with Crippen molar-refractivity contribution in [3.63, 3.8) is 0 Å². The van der Waals surface area contributed by atoms with Crippen LogP contribution in [0, 0.1) is 22.3 Å². The van der Waals surface area contributed by atoms with Crippen molar-refractivity contribution in [3.8, 4) is 11.3 Å². The van der Waals surface area contributed by atoms with E-state index >= 15 is 0 Å². The molecule has 0 bridgehead atoms. The number of nitrogens with zero attached hydrogens (tertiary/aromatic N) is 1. The Bertz CT molecular complexity index is 2370. The number of allylic oxidation sites excluding steroid dienone is 2. The molecule has 0 spiro atoms. The summed E-state index contributed by atoms with van der Waals surface area (Å²) in [6.07, 6.45) is 2.14. The summed E-state index contributed by atoms with van der Waals surface area (Å²) in [4.78, 5) is 16.9. The molecule has 6 rings (SSSR count). The van der Waals surface area contributed by atoms with Gasteiger partial charge in [0.15, 0.2) is 5.78 Å². The first-order chi connectivity index (χ1) is 25.6. The van der Waals surface area contributed by atoms with Crippen molar-refractivity contribution in [2.45, 2.75) is 120 Å². The summed E-state index contributed by atoms with van der Waals surface area (Å²) < 4.78 is 48.8. The molecule has 56 heavy (non-hydrogen) atoms. The van der Waals surface area contributed by atoms with Gasteiger partial charge in [0.1, 0.15) is 17.1 Å². The van der Waals surface area contributed by atoms with Gasteiger partial charge in [-0.1, -0.05) is 123 Å². The van der Waals surface area contributed by atoms with E-state index in [9.17, 15) is 23.1 Å². The minimum atomic E-state index is -4.28. The Balaban J connectivity index is 0.000000330. The molecule has 6 aromatic rings. The number of hydrogen-bond acceptors (Lipinski definition) is 5. The number of aromatic nitrogens is 1. The molecule has 4 nitrogen and oxygen atoms in total. The standard InChI is InChI=1S/C32H27F3NOS.C15H28O2.Ir/c1-30(2,3)26-21-9-7-6-8-19(21)15-23-27-29(38-28(23)26)22(12-13-36-27)25-16-20-11-10-18(14-24(20)37-25)17-31(4,5)32(33,34)35;1-7-14(5,8-2)12(16)11-13(17)15(6,9-3)10-4;/h6-14,16H,17H2,1-5H3;11,16H,7-10H2,1-6H3;/q-1;;/b;12-11-;. The van der Waals surface area contributed by atoms with E-state index in [1.165, 1.54) is 35.6 Å². The number of carbonyl (C=O) groups is 1. The number of ketones is 1. The first kappa shape index (κ1) is 45.2. The molecule has 0 saturated carbocycles. The maximum atomic E-state index is 13.5. The maximum absolute atomic E-state index is 13.5. The Labute approximate surface area is 347 Å². The summed E-state index contributed by atoms with van der Waals surface area (Å²) >= 11 is 1.70. The number of hydrogen-bond donors (Lipinski definition) is 1. The number of aliphatic hydroxyl groups excluding tert-OH is 1. The van der Waals surface area contributed by atoms with Crippen LogP contribution in [0.25, 0.3) is 53.4 Å². The number of pyridine rings is 1. The second-order valence-electron chi connectivity index (χ2n) is 17.1. The van der Waals surface area contributed by atoms with Crippen molar-refractivity contribution in [3.05, 3.63) is 89.8 Å². The fourth-order valence-corrected chi connectivity index (χ4v) is 8.40. The van der Waals surface area contributed by atoms with Crippen LogP contribution < -0.4 is 0 Å². The van der Waals surface area contributed by atoms with E-state index in [4.69, 9.17) is 9.40 Å². The molecule has 0 aliphatic carbocycles. The van der Waals surface area contributed by atoms with Crippen molar-refractivity contribution in [2.75, 3.05) is 0 Å². The number of carbonyl (C=O) groups excluding carboxylic acids is 1. The van der Waals surface area contributed by atoms with Crippen LogP contribution in [-0.4, -0.2) is 22.1 Å². The Kier molecular flexibility index (Phi) is 13.5. The van der Waals surface area contributed by atoms with Gasteiger partial charge in [0, 0.05) is 64.4 Å². The summed E-state index contributed by atoms with van der Waals surface area (Å²) in [6, 6.07) is 21.2. The minimum absolute atomic E-state index is 0. The van der Waals surface area contributed by atoms with E-state index in [1.807, 2.05) is 65.8 Å². The number of fused-ring (bicyclic) bond motifs is 5. The van der Waals surface area contributed by atoms with E-state index in [1.54, 1.807) is 29.7 Å². The van der Waals surface area contributed by atoms with Gasteiger partial charge in [-0.15, -0.1) is 17.5 Å². The van der Waals surface area contributed by atoms with Gasteiger partial charge in [0.2, 0.25) is 0 Å². The third kappa shape index (κ3) is 8.80. The van der Waals surface area contributed by atoms with E-state index < -0.39 is 11.6 Å². The van der Waals surface area contributed by atoms with Crippen molar-refractivity contribution >= 4 is 59.2 Å². The van der Waals surface area contributed by atoms with E-state index in [2.05, 4.69) is 45.0 Å². The SMILES string of the molecule is CC(C)(C)c1c2ccccc2[c-]c2c1sc1c(-c3cc4ccc(CC(C)(C)C(F)(F)F)cc4o3)ccnc12.CCC(C)(CC)C(=O)/C=C(\O)C(C)(CC)CC.[Ir]. The Morgan fingerprint density at radius 3 is 2.07 bits per heavy atom. The van der Waals surface area contributed by atoms with E-state index in [0.29, 0.717) is 16.9 Å². The van der Waals surface area contributed by atoms with Gasteiger partial charge >= 0.3 is 6.18 Å². The summed E-state index contributed by atoms with van der Waals surface area (Å²) in [5.41, 5.74) is 1.73. The molecule has 9 heteroatoms. The molecule has 3 heterocycles. The van der Waals surface area contributed by atoms with Crippen molar-refractivity contribution in [1.29, 1.82) is 0 Å². The van der Waals surface area contributed by atoms with Gasteiger partial charge in [0.05, 0.1) is 5.41 Å². The van der Waals surface area contributed by atoms with Gasteiger partial charge in [0.25, 0.3) is 0 Å². The number of aliphatic hydroxyl groups is 1. The summed E-state index contributed by atoms with van der Waals surface area (Å²) in [6.45, 7) is 21.2. The molecule has 0 unspecified atom stereocenters. The minimum Gasteiger partial charge on any atom is -0.512 e. The second-order valence-corrected chi connectivity index (χ2v) is 18.1. The first-order valence-electron chi connectivity index (χ1n) is 19.3. The van der Waals surface area contributed by atoms with Crippen molar-refractivity contribution < 1.29 is 47.6 Å². The normalized spacial score (nSPS) is 13.3. The van der Waals surface area contributed by atoms with Gasteiger partial charge in [-0.2, -0.15) is 24.5 Å². The molecule has 0 aliphatic heterocycles. The van der Waals surface area contributed by atoms with Crippen LogP contribution in [0.5, 0.6) is 0 Å². The Morgan fingerprint density at radius 1 is 0.857 bits per heavy atom. The van der Waals surface area contributed by atoms with Crippen LogP contribution >= 0.6 is 11.3 Å². The quantitative estimate of drug-likeness (QED) is 0.0844. The number of rotatable bonds is 10. The van der Waals surface area contributed by atoms with Crippen molar-refractivity contribution in [2.24, 2.45) is 16.2 Å². The molecule has 3 aromatic heterocycles. The predicted octanol–water partition coefficient (Wildman–Crippen LogP) is 14.9. The first-order valence-corrected chi connectivity index (χ1v) is 20.2. The van der Waals surface area contributed by atoms with E-state index in [0.717, 1.165) is 57.6 Å². The molecular formula is C47H55F3IrNO3S-. The summed E-state index contributed by atoms with van der Waals surface area (Å²) in [7, 11) is 0. The molecule has 0 amide bonds. The molecule has 0 aliphatic rings. The molecule has 1 N–H and O–H groups in total. The Hall–Kier alpha value is -3.52. The number of benzene rings is 3. The molecule has 3 aromatic carbocycles. The number of thiophene rings is 1. The fourth-order valence-electron chi connectivity index (χ4n) is 6.90. The van der Waals surface area contributed by atoms with Gasteiger partial charge in [-0.05, 0) is 66.0 Å². The zero-order valence-electron chi connectivity index (χ0n) is 34.5. The predicted molar refractivity (Wildman–Crippen MR) is 224 cm³/mol. The number of halogens is 3. The smallest absolute Gasteiger partial charge is 0.394 e. The Morgan fingerprint density at radius 2 is 1.48 bits per heavy atom. The third-order valence-corrected chi connectivity index (χ3v) is 13.1. The average Bonchev–Trinajstić information content (AvgIpc) is 3.73. The largest absolute Gasteiger partial charge is 0.512 e. The molecule has 303 valence electrons. The topological polar surface area (TPSA) is 63.3 Å². The van der Waals surface area contributed by atoms with Gasteiger partial charge in [-0.3, -0.25) is 9.78 Å². The molecule has 0 atom stereocenters. The van der Waals surface area contributed by atoms with Gasteiger partial charge < -0.3 is 9.52 Å². The van der Waals surface area contributed by atoms with Crippen LogP contribution in [0.3, 0.4) is 0 Å². The van der Waals surface area contributed by atoms with Crippen LogP contribution in [0.2, 0.25) is 0 Å². The molecule has 0 fully saturated rings. The molecule has 1 radical (unpaired) electrons. The van der Waals surface area contributed by atoms with Crippen LogP contribution in [0.1, 0.15) is 113 Å². The van der Waals surface area contributed by atoms with Gasteiger partial charge in [-0.25, -0.2) is 0 Å². The maximum Gasteiger partial charge on any atom is 0.394 e. The number of furan rings is 1. The molecular weight excluding hydrogens is 908 g/mol. The van der Waals surface area contributed by atoms with Crippen molar-refractivity contribution in [1.82, 2.24) is 4.98 Å². The second kappa shape index (κ2) is 16.8. The number of alkyl halides is 3. The average molecular weight is 963 g/mol. The zero-order valence-corrected chi connectivity index (χ0v) is 37.7. The summed E-state index contributed by atoms with van der Waals surface area (Å²) in [5, 5.41) is 14.2. The zero-order chi connectivity index (χ0) is 40.7. The van der Waals surface area contributed by atoms with Crippen LogP contribution in [0.4, 0.5) is 13.2 Å². The monoisotopic (exact) mass is 963 g/mol. The van der Waals surface area contributed by atoms with Crippen LogP contribution in [-0.2, 0) is 36.7 Å². The third-order valence-electron chi connectivity index (χ3n) is 11.9. The van der Waals surface area contributed by atoms with E-state index in [-0.39, 0.29) is 54.3 Å². The van der Waals surface area contributed by atoms with Crippen LogP contribution in [0.15, 0.2) is 77.0 Å². The molecule has 0 saturated heterocycles. The fraction of sp³-hybridized carbons (Fsp3) is 0.447. The summed E-state index contributed by atoms with van der Waals surface area (Å²) in [5.74, 6) is 0.960.